The average Bonchev–Trinajstić information content (AvgIpc) is 2.75. The second-order valence-electron chi connectivity index (χ2n) is 7.11. The third-order valence-electron chi connectivity index (χ3n) is 5.05. The number of hydrogen-bond donors (Lipinski definition) is 1. The van der Waals surface area contributed by atoms with Crippen molar-refractivity contribution in [2.45, 2.75) is 17.9 Å². The Bertz CT molecular complexity index is 941. The van der Waals surface area contributed by atoms with Gasteiger partial charge in [-0.15, -0.1) is 0 Å². The molecule has 0 aliphatic carbocycles. The molecule has 0 saturated carbocycles. The number of rotatable bonds is 8. The lowest BCUT2D eigenvalue weighted by Gasteiger charge is -2.34. The van der Waals surface area contributed by atoms with Crippen LogP contribution in [0, 0.1) is 0 Å². The van der Waals surface area contributed by atoms with Crippen LogP contribution in [0.5, 0.6) is 5.75 Å². The van der Waals surface area contributed by atoms with E-state index in [1.807, 2.05) is 24.3 Å². The molecule has 9 heteroatoms. The minimum absolute atomic E-state index is 0.0436. The molecule has 0 spiro atoms. The number of sulfonamides is 1. The molecule has 1 N–H and O–H groups in total. The smallest absolute Gasteiger partial charge is 0.240 e. The summed E-state index contributed by atoms with van der Waals surface area (Å²) >= 11 is 5.79. The zero-order valence-electron chi connectivity index (χ0n) is 16.9. The highest BCUT2D eigenvalue weighted by atomic mass is 35.5. The number of ether oxygens (including phenoxy) is 1. The van der Waals surface area contributed by atoms with Crippen LogP contribution >= 0.6 is 11.6 Å². The van der Waals surface area contributed by atoms with E-state index in [1.165, 1.54) is 29.8 Å². The predicted molar refractivity (Wildman–Crippen MR) is 116 cm³/mol. The topological polar surface area (TPSA) is 79.0 Å². The number of carbonyl (C=O) groups excluding carboxylic acids is 1. The summed E-state index contributed by atoms with van der Waals surface area (Å²) in [5.41, 5.74) is 1.20. The molecule has 0 radical (unpaired) electrons. The Balaban J connectivity index is 1.41. The zero-order valence-corrected chi connectivity index (χ0v) is 18.5. The van der Waals surface area contributed by atoms with Crippen molar-refractivity contribution >= 4 is 27.5 Å². The predicted octanol–water partition coefficient (Wildman–Crippen LogP) is 2.36. The second-order valence-corrected chi connectivity index (χ2v) is 9.31. The van der Waals surface area contributed by atoms with Crippen LogP contribution in [0.2, 0.25) is 5.02 Å². The molecule has 2 aromatic carbocycles. The number of benzene rings is 2. The maximum absolute atomic E-state index is 12.4. The van der Waals surface area contributed by atoms with Crippen molar-refractivity contribution in [3.05, 3.63) is 59.1 Å². The first-order chi connectivity index (χ1) is 14.4. The Labute approximate surface area is 182 Å². The van der Waals surface area contributed by atoms with Gasteiger partial charge >= 0.3 is 0 Å². The standard InChI is InChI=1S/C21H26ClN3O4S/c1-29-19-6-2-17(3-7-19)16-24-12-14-25(15-13-24)21(26)10-11-23-30(27,28)20-8-4-18(22)5-9-20/h2-9,23H,10-16H2,1H3. The maximum atomic E-state index is 12.4. The maximum Gasteiger partial charge on any atom is 0.240 e. The van der Waals surface area contributed by atoms with E-state index >= 15 is 0 Å². The van der Waals surface area contributed by atoms with Gasteiger partial charge in [-0.25, -0.2) is 13.1 Å². The summed E-state index contributed by atoms with van der Waals surface area (Å²) in [6.45, 7) is 3.74. The van der Waals surface area contributed by atoms with Crippen LogP contribution in [0.1, 0.15) is 12.0 Å². The van der Waals surface area contributed by atoms with Crippen molar-refractivity contribution in [1.29, 1.82) is 0 Å². The van der Waals surface area contributed by atoms with E-state index in [1.54, 1.807) is 12.0 Å². The van der Waals surface area contributed by atoms with Crippen LogP contribution in [0.15, 0.2) is 53.4 Å². The summed E-state index contributed by atoms with van der Waals surface area (Å²) < 4.78 is 32.2. The Kier molecular flexibility index (Phi) is 7.71. The Morgan fingerprint density at radius 2 is 1.67 bits per heavy atom. The van der Waals surface area contributed by atoms with Gasteiger partial charge in [-0.2, -0.15) is 0 Å². The summed E-state index contributed by atoms with van der Waals surface area (Å²) in [7, 11) is -2.00. The summed E-state index contributed by atoms with van der Waals surface area (Å²) in [4.78, 5) is 16.7. The molecule has 2 aromatic rings. The number of piperazine rings is 1. The minimum Gasteiger partial charge on any atom is -0.497 e. The lowest BCUT2D eigenvalue weighted by molar-refractivity contribution is -0.132. The Morgan fingerprint density at radius 3 is 2.27 bits per heavy atom. The van der Waals surface area contributed by atoms with E-state index in [4.69, 9.17) is 16.3 Å². The third kappa shape index (κ3) is 6.18. The molecule has 0 aromatic heterocycles. The number of methoxy groups -OCH3 is 1. The minimum atomic E-state index is -3.65. The van der Waals surface area contributed by atoms with Crippen molar-refractivity contribution in [1.82, 2.24) is 14.5 Å². The summed E-state index contributed by atoms with van der Waals surface area (Å²) in [5.74, 6) is 0.791. The molecule has 7 nitrogen and oxygen atoms in total. The van der Waals surface area contributed by atoms with Gasteiger partial charge in [0.25, 0.3) is 0 Å². The molecule has 1 aliphatic heterocycles. The van der Waals surface area contributed by atoms with Crippen LogP contribution < -0.4 is 9.46 Å². The van der Waals surface area contributed by atoms with Gasteiger partial charge in [0, 0.05) is 50.7 Å². The molecular formula is C21H26ClN3O4S. The van der Waals surface area contributed by atoms with Crippen molar-refractivity contribution in [3.8, 4) is 5.75 Å². The fourth-order valence-electron chi connectivity index (χ4n) is 3.29. The molecule has 0 unspecified atom stereocenters. The molecule has 30 heavy (non-hydrogen) atoms. The molecule has 1 amide bonds. The Hall–Kier alpha value is -2.13. The van der Waals surface area contributed by atoms with Crippen molar-refractivity contribution < 1.29 is 17.9 Å². The number of carbonyl (C=O) groups is 1. The van der Waals surface area contributed by atoms with Crippen LogP contribution in [-0.2, 0) is 21.4 Å². The summed E-state index contributed by atoms with van der Waals surface area (Å²) in [5, 5.41) is 0.468. The van der Waals surface area contributed by atoms with E-state index in [0.29, 0.717) is 18.1 Å². The molecule has 0 atom stereocenters. The fraction of sp³-hybridized carbons (Fsp3) is 0.381. The number of nitrogens with zero attached hydrogens (tertiary/aromatic N) is 2. The van der Waals surface area contributed by atoms with Crippen LogP contribution in [0.3, 0.4) is 0 Å². The lowest BCUT2D eigenvalue weighted by atomic mass is 10.2. The fourth-order valence-corrected chi connectivity index (χ4v) is 4.45. The van der Waals surface area contributed by atoms with E-state index in [0.717, 1.165) is 25.4 Å². The molecule has 1 aliphatic rings. The molecule has 162 valence electrons. The van der Waals surface area contributed by atoms with Gasteiger partial charge in [-0.05, 0) is 42.0 Å². The van der Waals surface area contributed by atoms with E-state index < -0.39 is 10.0 Å². The van der Waals surface area contributed by atoms with E-state index in [2.05, 4.69) is 9.62 Å². The molecule has 1 saturated heterocycles. The summed E-state index contributed by atoms with van der Waals surface area (Å²) in [6.07, 6.45) is 0.130. The number of hydrogen-bond acceptors (Lipinski definition) is 5. The largest absolute Gasteiger partial charge is 0.497 e. The molecule has 3 rings (SSSR count). The Morgan fingerprint density at radius 1 is 1.03 bits per heavy atom. The van der Waals surface area contributed by atoms with Crippen LogP contribution in [-0.4, -0.2) is 64.0 Å². The first-order valence-electron chi connectivity index (χ1n) is 9.76. The highest BCUT2D eigenvalue weighted by Gasteiger charge is 2.22. The monoisotopic (exact) mass is 451 g/mol. The van der Waals surface area contributed by atoms with Crippen LogP contribution in [0.25, 0.3) is 0 Å². The molecule has 1 fully saturated rings. The highest BCUT2D eigenvalue weighted by Crippen LogP contribution is 2.15. The SMILES string of the molecule is COc1ccc(CN2CCN(C(=O)CCNS(=O)(=O)c3ccc(Cl)cc3)CC2)cc1. The quantitative estimate of drug-likeness (QED) is 0.666. The lowest BCUT2D eigenvalue weighted by Crippen LogP contribution is -2.48. The summed E-state index contributed by atoms with van der Waals surface area (Å²) in [6, 6.07) is 13.9. The number of amides is 1. The molecule has 0 bridgehead atoms. The number of halogens is 1. The van der Waals surface area contributed by atoms with E-state index in [9.17, 15) is 13.2 Å². The van der Waals surface area contributed by atoms with Gasteiger partial charge in [-0.3, -0.25) is 9.69 Å². The van der Waals surface area contributed by atoms with Gasteiger partial charge in [0.2, 0.25) is 15.9 Å². The van der Waals surface area contributed by atoms with E-state index in [-0.39, 0.29) is 23.8 Å². The second kappa shape index (κ2) is 10.3. The first kappa shape index (κ1) is 22.6. The zero-order chi connectivity index (χ0) is 21.6. The van der Waals surface area contributed by atoms with Gasteiger partial charge in [-0.1, -0.05) is 23.7 Å². The van der Waals surface area contributed by atoms with Gasteiger partial charge in [0.05, 0.1) is 12.0 Å². The third-order valence-corrected chi connectivity index (χ3v) is 6.77. The normalized spacial score (nSPS) is 15.2. The average molecular weight is 452 g/mol. The first-order valence-corrected chi connectivity index (χ1v) is 11.6. The molecule has 1 heterocycles. The van der Waals surface area contributed by atoms with Gasteiger partial charge in [0.15, 0.2) is 0 Å². The highest BCUT2D eigenvalue weighted by molar-refractivity contribution is 7.89. The van der Waals surface area contributed by atoms with Crippen molar-refractivity contribution in [2.75, 3.05) is 39.8 Å². The molecular weight excluding hydrogens is 426 g/mol. The van der Waals surface area contributed by atoms with Crippen molar-refractivity contribution in [3.63, 3.8) is 0 Å². The number of nitrogens with one attached hydrogen (secondary N) is 1. The van der Waals surface area contributed by atoms with Crippen molar-refractivity contribution in [2.24, 2.45) is 0 Å². The van der Waals surface area contributed by atoms with Gasteiger partial charge in [0.1, 0.15) is 5.75 Å². The van der Waals surface area contributed by atoms with Gasteiger partial charge < -0.3 is 9.64 Å². The van der Waals surface area contributed by atoms with Crippen LogP contribution in [0.4, 0.5) is 0 Å².